The largest absolute Gasteiger partial charge is 0.437 e. The number of hydrogen-bond acceptors (Lipinski definition) is 10. The van der Waals surface area contributed by atoms with Crippen molar-refractivity contribution < 1.29 is 35.8 Å². The molecular weight excluding hydrogens is 625 g/mol. The van der Waals surface area contributed by atoms with Crippen molar-refractivity contribution in [1.82, 2.24) is 4.90 Å². The van der Waals surface area contributed by atoms with Gasteiger partial charge in [0, 0.05) is 6.54 Å². The van der Waals surface area contributed by atoms with E-state index in [0.29, 0.717) is 32.1 Å². The van der Waals surface area contributed by atoms with Crippen LogP contribution >= 0.6 is 0 Å². The molecule has 2 atom stereocenters. The van der Waals surface area contributed by atoms with Crippen molar-refractivity contribution in [1.29, 1.82) is 0 Å². The molecule has 1 aliphatic heterocycles. The maximum atomic E-state index is 9.80. The summed E-state index contributed by atoms with van der Waals surface area (Å²) < 4.78 is 41.6. The van der Waals surface area contributed by atoms with E-state index in [2.05, 4.69) is 97.4 Å². The van der Waals surface area contributed by atoms with Gasteiger partial charge in [0.2, 0.25) is 16.6 Å². The summed E-state index contributed by atoms with van der Waals surface area (Å²) in [6.45, 7) is 32.9. The Kier molecular flexibility index (Phi) is 20.2. The molecule has 0 bridgehead atoms. The van der Waals surface area contributed by atoms with Gasteiger partial charge in [-0.05, 0) is 113 Å². The molecule has 0 spiro atoms. The third-order valence-corrected chi connectivity index (χ3v) is 23.6. The highest BCUT2D eigenvalue weighted by molar-refractivity contribution is 6.88. The van der Waals surface area contributed by atoms with Crippen LogP contribution in [-0.2, 0) is 30.7 Å². The van der Waals surface area contributed by atoms with Crippen molar-refractivity contribution in [2.45, 2.75) is 104 Å². The predicted molar refractivity (Wildman–Crippen MR) is 187 cm³/mol. The molecule has 1 aliphatic rings. The Morgan fingerprint density at radius 1 is 0.707 bits per heavy atom. The summed E-state index contributed by atoms with van der Waals surface area (Å²) >= 11 is 0. The van der Waals surface area contributed by atoms with Crippen molar-refractivity contribution in [2.75, 3.05) is 60.0 Å². The zero-order chi connectivity index (χ0) is 32.9. The molecule has 250 valence electrons. The first-order valence-electron chi connectivity index (χ1n) is 14.7. The lowest BCUT2D eigenvalue weighted by Gasteiger charge is -2.37. The summed E-state index contributed by atoms with van der Waals surface area (Å²) in [5, 5.41) is 9.80. The summed E-state index contributed by atoms with van der Waals surface area (Å²) in [6.07, 6.45) is 1.19. The average Bonchev–Trinajstić information content (AvgIpc) is 3.47. The zero-order valence-corrected chi connectivity index (χ0v) is 35.7. The minimum atomic E-state index is -2.10. The van der Waals surface area contributed by atoms with Gasteiger partial charge in [-0.3, -0.25) is 0 Å². The van der Waals surface area contributed by atoms with Gasteiger partial charge in [-0.1, -0.05) is 0 Å². The first-order chi connectivity index (χ1) is 18.2. The fourth-order valence-electron chi connectivity index (χ4n) is 4.42. The van der Waals surface area contributed by atoms with E-state index in [-0.39, 0.29) is 0 Å². The fraction of sp³-hybridized carbons (Fsp3) is 1.00. The lowest BCUT2D eigenvalue weighted by Crippen LogP contribution is -2.53. The van der Waals surface area contributed by atoms with E-state index in [1.807, 2.05) is 19.0 Å². The molecule has 1 fully saturated rings. The topological polar surface area (TPSA) is 117 Å². The van der Waals surface area contributed by atoms with Gasteiger partial charge in [-0.25, -0.2) is 0 Å². The summed E-state index contributed by atoms with van der Waals surface area (Å²) in [6, 6.07) is 0. The van der Waals surface area contributed by atoms with Crippen LogP contribution < -0.4 is 5.73 Å². The molecule has 0 aromatic rings. The first kappa shape index (κ1) is 44.0. The number of rotatable bonds is 18. The maximum absolute atomic E-state index is 9.80. The molecule has 1 saturated heterocycles. The van der Waals surface area contributed by atoms with E-state index in [0.717, 1.165) is 12.8 Å². The summed E-state index contributed by atoms with van der Waals surface area (Å²) in [4.78, 5) is 1.95. The van der Waals surface area contributed by atoms with Crippen molar-refractivity contribution in [3.8, 4) is 0 Å². The highest BCUT2D eigenvalue weighted by atomic mass is 28.5. The van der Waals surface area contributed by atoms with E-state index in [4.69, 9.17) is 30.7 Å². The van der Waals surface area contributed by atoms with Gasteiger partial charge in [-0.15, -0.1) is 0 Å². The highest BCUT2D eigenvalue weighted by Gasteiger charge is 2.39. The van der Waals surface area contributed by atoms with E-state index >= 15 is 0 Å². The van der Waals surface area contributed by atoms with Crippen LogP contribution in [-0.4, -0.2) is 133 Å². The predicted octanol–water partition coefficient (Wildman–Crippen LogP) is 4.53. The molecule has 0 aromatic carbocycles. The Bertz CT molecular complexity index is 701. The molecule has 0 aromatic heterocycles. The van der Waals surface area contributed by atoms with Crippen LogP contribution in [0.15, 0.2) is 0 Å². The Morgan fingerprint density at radius 3 is 1.39 bits per heavy atom. The van der Waals surface area contributed by atoms with Crippen LogP contribution in [0.4, 0.5) is 0 Å². The molecule has 0 amide bonds. The normalized spacial score (nSPS) is 17.4. The quantitative estimate of drug-likeness (QED) is 0.157. The molecule has 2 unspecified atom stereocenters. The number of nitrogens with two attached hydrogens (primary N) is 1. The van der Waals surface area contributed by atoms with Crippen LogP contribution in [0.1, 0.15) is 0 Å². The second-order valence-corrected chi connectivity index (χ2v) is 39.8. The molecular formula is C25H68N2O8Si6. The van der Waals surface area contributed by atoms with Gasteiger partial charge >= 0.3 is 17.1 Å². The summed E-state index contributed by atoms with van der Waals surface area (Å²) in [5.41, 5.74) is 4.50. The van der Waals surface area contributed by atoms with Crippen molar-refractivity contribution in [3.05, 3.63) is 0 Å². The monoisotopic (exact) mass is 692 g/mol. The second-order valence-electron chi connectivity index (χ2n) is 14.9. The van der Waals surface area contributed by atoms with Crippen LogP contribution in [0.3, 0.4) is 0 Å². The first-order valence-corrected chi connectivity index (χ1v) is 33.4. The maximum Gasteiger partial charge on any atom is 0.311 e. The van der Waals surface area contributed by atoms with Crippen LogP contribution in [0.5, 0.6) is 0 Å². The third-order valence-electron chi connectivity index (χ3n) is 4.64. The van der Waals surface area contributed by atoms with Crippen molar-refractivity contribution in [2.24, 2.45) is 5.73 Å². The number of likely N-dealkylation sites (N-methyl/N-ethyl adjacent to an activating group) is 1. The number of ether oxygens (including phenoxy) is 3. The minimum Gasteiger partial charge on any atom is -0.437 e. The summed E-state index contributed by atoms with van der Waals surface area (Å²) in [5.74, 6) is 0. The Labute approximate surface area is 259 Å². The Balaban J connectivity index is 0. The second kappa shape index (κ2) is 18.8. The number of hydrogen-bond donors (Lipinski definition) is 2. The van der Waals surface area contributed by atoms with E-state index < -0.39 is 56.5 Å². The lowest BCUT2D eigenvalue weighted by atomic mass is 10.4. The number of nitrogens with zero attached hydrogens (tertiary/aromatic N) is 1. The minimum absolute atomic E-state index is 0.332. The molecule has 3 N–H and O–H groups in total. The van der Waals surface area contributed by atoms with Gasteiger partial charge < -0.3 is 46.4 Å². The molecule has 0 saturated carbocycles. The van der Waals surface area contributed by atoms with Gasteiger partial charge in [0.25, 0.3) is 0 Å². The molecule has 10 nitrogen and oxygen atoms in total. The van der Waals surface area contributed by atoms with Gasteiger partial charge in [0.15, 0.2) is 16.6 Å². The van der Waals surface area contributed by atoms with E-state index in [9.17, 15) is 5.11 Å². The van der Waals surface area contributed by atoms with Crippen molar-refractivity contribution in [3.63, 3.8) is 0 Å². The standard InChI is InChI=1S/C13H35NO4Si3.C11H28O4Si3.CH5N/c1-14(2)10-13(15)11-16-12-20(6,7)18-21(8,9)17-19(3,4)5;1-16(2,3)14-18(6,7)15-17(4,5)10-12-8-11-9-13-11;1-2/h13,15H,10-12H2,1-9H3;11H,8-10H2,1-7H3;2H2,1H3. The zero-order valence-electron chi connectivity index (χ0n) is 29.7. The van der Waals surface area contributed by atoms with Gasteiger partial charge in [-0.2, -0.15) is 0 Å². The van der Waals surface area contributed by atoms with Crippen LogP contribution in [0.25, 0.3) is 0 Å². The van der Waals surface area contributed by atoms with Crippen molar-refractivity contribution >= 4 is 50.4 Å². The molecule has 0 radical (unpaired) electrons. The highest BCUT2D eigenvalue weighted by Crippen LogP contribution is 2.22. The number of aliphatic hydroxyl groups is 1. The lowest BCUT2D eigenvalue weighted by molar-refractivity contribution is 0.0365. The summed E-state index contributed by atoms with van der Waals surface area (Å²) in [7, 11) is -5.60. The molecule has 1 heterocycles. The Hall–Kier alpha value is 0.901. The molecule has 0 aliphatic carbocycles. The van der Waals surface area contributed by atoms with E-state index in [1.54, 1.807) is 0 Å². The number of aliphatic hydroxyl groups excluding tert-OH is 1. The molecule has 16 heteroatoms. The third kappa shape index (κ3) is 29.4. The van der Waals surface area contributed by atoms with Crippen LogP contribution in [0.2, 0.25) is 91.7 Å². The smallest absolute Gasteiger partial charge is 0.311 e. The SMILES string of the molecule is CN.CN(C)CC(O)COC[Si](C)(C)O[Si](C)(C)O[Si](C)(C)C.C[Si](C)(C)O[Si](C)(C)O[Si](C)(C)COCC1CO1. The Morgan fingerprint density at radius 2 is 1.07 bits per heavy atom. The fourth-order valence-corrected chi connectivity index (χ4v) is 29.6. The molecule has 1 rings (SSSR count). The van der Waals surface area contributed by atoms with Gasteiger partial charge in [0.05, 0.1) is 38.4 Å². The van der Waals surface area contributed by atoms with Gasteiger partial charge in [0.1, 0.15) is 6.10 Å². The average molecular weight is 693 g/mol. The number of epoxide rings is 1. The van der Waals surface area contributed by atoms with Crippen LogP contribution in [0, 0.1) is 0 Å². The van der Waals surface area contributed by atoms with E-state index in [1.165, 1.54) is 7.05 Å². The molecule has 41 heavy (non-hydrogen) atoms.